The standard InChI is InChI=1S/C52H56B22/c1-19-20(2)25(7)38-34(16)40(31(13)30(12)37(38)24(19)6)42-28(10)23(5)29(11)44-45(42)35(17)39-26(8)21(3)22(4)27(9)43(39)47(44)46-33(15)32(14)41-36(18)49(70(73(61)62)74(63)64)52(69(66-54)72(59)60)51(68(56)71(57)58)48(41)50(46)67(55)65-53/h21-22H,1-18H3. The highest BCUT2D eigenvalue weighted by atomic mass is 14.3. The molecule has 74 heavy (non-hydrogen) atoms. The average Bonchev–Trinajstić information content (AvgIpc) is 3.33. The van der Waals surface area contributed by atoms with Crippen molar-refractivity contribution in [3.63, 3.8) is 0 Å². The van der Waals surface area contributed by atoms with Crippen LogP contribution in [-0.2, 0) is 0 Å². The predicted molar refractivity (Wildman–Crippen MR) is 357 cm³/mol. The maximum absolute atomic E-state index is 7.60. The van der Waals surface area contributed by atoms with Gasteiger partial charge in [-0.2, -0.15) is 0 Å². The summed E-state index contributed by atoms with van der Waals surface area (Å²) in [5, 5.41) is 9.13. The van der Waals surface area contributed by atoms with E-state index in [1.165, 1.54) is 123 Å². The van der Waals surface area contributed by atoms with Gasteiger partial charge in [-0.25, -0.2) is 0 Å². The summed E-state index contributed by atoms with van der Waals surface area (Å²) in [4.78, 5) is 0. The van der Waals surface area contributed by atoms with Crippen LogP contribution in [0.3, 0.4) is 0 Å². The normalized spacial score (nSPS) is 14.4. The van der Waals surface area contributed by atoms with E-state index in [2.05, 4.69) is 118 Å². The Morgan fingerprint density at radius 1 is 0.311 bits per heavy atom. The largest absolute Gasteiger partial charge is 0.112 e. The van der Waals surface area contributed by atoms with Crippen LogP contribution in [0.4, 0.5) is 0 Å². The second-order valence-corrected chi connectivity index (χ2v) is 22.6. The number of fused-ring (bicyclic) bond motifs is 4. The molecular formula is C52H56B22. The lowest BCUT2D eigenvalue weighted by atomic mass is 8.70. The van der Waals surface area contributed by atoms with Gasteiger partial charge in [0.1, 0.15) is 0 Å². The van der Waals surface area contributed by atoms with Gasteiger partial charge in [-0.1, -0.05) is 41.5 Å². The molecular weight excluding hydrogens is 862 g/mol. The molecule has 0 bridgehead atoms. The maximum atomic E-state index is 7.60. The van der Waals surface area contributed by atoms with Gasteiger partial charge in [0.05, 0.1) is 26.0 Å². The molecule has 330 valence electrons. The number of aryl methyl sites for hydroxylation is 8. The van der Waals surface area contributed by atoms with Crippen LogP contribution in [0, 0.1) is 109 Å². The third-order valence-corrected chi connectivity index (χ3v) is 19.2. The zero-order chi connectivity index (χ0) is 55.7. The first kappa shape index (κ1) is 58.9. The van der Waals surface area contributed by atoms with E-state index in [1.54, 1.807) is 7.06 Å². The van der Waals surface area contributed by atoms with E-state index >= 15 is 0 Å². The fourth-order valence-electron chi connectivity index (χ4n) is 14.0. The van der Waals surface area contributed by atoms with Crippen molar-refractivity contribution in [2.24, 2.45) is 11.8 Å². The molecule has 0 aromatic heterocycles. The number of benzene rings is 6. The van der Waals surface area contributed by atoms with Crippen LogP contribution in [0.15, 0.2) is 0 Å². The molecule has 2 unspecified atom stereocenters. The first-order valence-corrected chi connectivity index (χ1v) is 26.5. The first-order valence-electron chi connectivity index (χ1n) is 26.5. The van der Waals surface area contributed by atoms with Gasteiger partial charge < -0.3 is 0 Å². The van der Waals surface area contributed by atoms with E-state index in [1.807, 2.05) is 6.92 Å². The van der Waals surface area contributed by atoms with Crippen LogP contribution < -0.4 is 32.3 Å². The Hall–Kier alpha value is -2.73. The van der Waals surface area contributed by atoms with Crippen LogP contribution in [0.5, 0.6) is 0 Å². The molecule has 0 N–H and O–H groups in total. The second kappa shape index (κ2) is 21.5. The smallest absolute Gasteiger partial charge is 0.0821 e. The third-order valence-electron chi connectivity index (χ3n) is 19.2. The highest BCUT2D eigenvalue weighted by Gasteiger charge is 2.39. The molecule has 26 radical (unpaired) electrons. The Bertz CT molecular complexity index is 3480. The minimum atomic E-state index is -1.08. The van der Waals surface area contributed by atoms with Gasteiger partial charge in [-0.3, -0.25) is 0 Å². The Labute approximate surface area is 467 Å². The third kappa shape index (κ3) is 8.64. The predicted octanol–water partition coefficient (Wildman–Crippen LogP) is 1.75. The fraction of sp³-hybridized carbons (Fsp3) is 0.385. The van der Waals surface area contributed by atoms with Crippen molar-refractivity contribution in [1.29, 1.82) is 0 Å². The minimum absolute atomic E-state index is 0.218. The summed E-state index contributed by atoms with van der Waals surface area (Å²) in [6.45, 7) is 37.5. The van der Waals surface area contributed by atoms with Crippen LogP contribution in [0.2, 0.25) is 0 Å². The summed E-state index contributed by atoms with van der Waals surface area (Å²) in [5.41, 5.74) is 26.7. The average molecular weight is 919 g/mol. The van der Waals surface area contributed by atoms with Gasteiger partial charge in [0.2, 0.25) is 0 Å². The summed E-state index contributed by atoms with van der Waals surface area (Å²) in [6, 6.07) is 0. The minimum Gasteiger partial charge on any atom is -0.112 e. The van der Waals surface area contributed by atoms with Crippen molar-refractivity contribution < 1.29 is 0 Å². The summed E-state index contributed by atoms with van der Waals surface area (Å²) in [6.07, 6.45) is -4.12. The van der Waals surface area contributed by atoms with Gasteiger partial charge in [-0.15, -0.1) is 10.9 Å². The van der Waals surface area contributed by atoms with Crippen LogP contribution in [-0.4, -0.2) is 158 Å². The topological polar surface area (TPSA) is 0 Å². The molecule has 0 heterocycles. The Morgan fingerprint density at radius 2 is 0.716 bits per heavy atom. The Kier molecular flexibility index (Phi) is 17.1. The SMILES string of the molecule is [B][B]B(B([B])[B])c1c(B(B([B])[B])B([B])[B])c(C)c2c(C)c(C)c(-c3c4c(c(C)c5c(-c6c(C)c(C)c7c(C)c(C)c(C)c(C)c7c6C)c(C)c(C)c(C)c35)=C(C)C(C)C(C)C=4C)c(B([B])[B][B])c2c1B([B])B([B])[B]. The molecule has 1 aliphatic carbocycles. The molecule has 1 aliphatic rings. The molecule has 0 saturated heterocycles. The molecule has 0 spiro atoms. The van der Waals surface area contributed by atoms with E-state index in [0.717, 1.165) is 44.1 Å². The number of hydrogen-bond acceptors (Lipinski definition) is 0. The lowest BCUT2D eigenvalue weighted by Crippen LogP contribution is -2.74. The molecule has 6 aromatic rings. The first-order chi connectivity index (χ1) is 34.4. The van der Waals surface area contributed by atoms with E-state index in [-0.39, 0.29) is 11.8 Å². The van der Waals surface area contributed by atoms with Crippen molar-refractivity contribution in [2.45, 2.75) is 125 Å². The lowest BCUT2D eigenvalue weighted by Gasteiger charge is -2.39. The Balaban J connectivity index is 1.96. The van der Waals surface area contributed by atoms with Crippen molar-refractivity contribution in [3.05, 3.63) is 88.3 Å². The van der Waals surface area contributed by atoms with Gasteiger partial charge >= 0.3 is 0 Å². The van der Waals surface area contributed by atoms with Gasteiger partial charge in [-0.05, 0) is 260 Å². The maximum Gasteiger partial charge on any atom is 0.0821 e. The van der Waals surface area contributed by atoms with Gasteiger partial charge in [0, 0.05) is 133 Å². The monoisotopic (exact) mass is 923 g/mol. The molecule has 0 nitrogen and oxygen atoms in total. The van der Waals surface area contributed by atoms with Crippen molar-refractivity contribution in [2.75, 3.05) is 0 Å². The molecule has 0 amide bonds. The van der Waals surface area contributed by atoms with Crippen LogP contribution >= 0.6 is 0 Å². The highest BCUT2D eigenvalue weighted by Crippen LogP contribution is 2.48. The molecule has 2 atom stereocenters. The van der Waals surface area contributed by atoms with E-state index in [9.17, 15) is 0 Å². The highest BCUT2D eigenvalue weighted by molar-refractivity contribution is 7.85. The summed E-state index contributed by atoms with van der Waals surface area (Å²) < 4.78 is 0. The number of hydrogen-bond donors (Lipinski definition) is 0. The van der Waals surface area contributed by atoms with Crippen molar-refractivity contribution in [1.82, 2.24) is 0 Å². The van der Waals surface area contributed by atoms with E-state index in [4.69, 9.17) is 92.8 Å². The van der Waals surface area contributed by atoms with E-state index < -0.39 is 51.5 Å². The molecule has 0 fully saturated rings. The second-order valence-electron chi connectivity index (χ2n) is 22.6. The van der Waals surface area contributed by atoms with Crippen molar-refractivity contribution in [3.8, 4) is 22.3 Å². The fourth-order valence-corrected chi connectivity index (χ4v) is 14.0. The molecule has 6 aromatic carbocycles. The zero-order valence-electron chi connectivity index (χ0n) is 47.9. The van der Waals surface area contributed by atoms with Crippen molar-refractivity contribution >= 4 is 224 Å². The summed E-state index contributed by atoms with van der Waals surface area (Å²) in [5.74, 6) is 0.486. The lowest BCUT2D eigenvalue weighted by molar-refractivity contribution is 0.570. The molecule has 0 aliphatic heterocycles. The van der Waals surface area contributed by atoms with Crippen LogP contribution in [0.25, 0.3) is 65.7 Å². The molecule has 7 rings (SSSR count). The summed E-state index contributed by atoms with van der Waals surface area (Å²) >= 11 is 0. The Morgan fingerprint density at radius 3 is 1.18 bits per heavy atom. The summed E-state index contributed by atoms with van der Waals surface area (Å²) in [7, 11) is 85.0. The zero-order valence-corrected chi connectivity index (χ0v) is 47.9. The number of rotatable bonds is 12. The van der Waals surface area contributed by atoms with E-state index in [0.29, 0.717) is 16.4 Å². The van der Waals surface area contributed by atoms with Crippen LogP contribution in [0.1, 0.15) is 106 Å². The van der Waals surface area contributed by atoms with Gasteiger partial charge in [0.15, 0.2) is 0 Å². The molecule has 22 heteroatoms. The van der Waals surface area contributed by atoms with Gasteiger partial charge in [0.25, 0.3) is 0 Å². The molecule has 0 saturated carbocycles. The quantitative estimate of drug-likeness (QED) is 0.165.